The van der Waals surface area contributed by atoms with E-state index in [0.29, 0.717) is 6.42 Å². The molecule has 3 nitrogen and oxygen atoms in total. The lowest BCUT2D eigenvalue weighted by molar-refractivity contribution is -0.136. The summed E-state index contributed by atoms with van der Waals surface area (Å²) in [6.07, 6.45) is 11.1. The molecule has 20 heavy (non-hydrogen) atoms. The minimum Gasteiger partial charge on any atom is -0.481 e. The van der Waals surface area contributed by atoms with Crippen molar-refractivity contribution >= 4 is 5.97 Å². The number of carboxylic acids is 1. The molecular formula is C17H31NO2. The number of hydrogen-bond acceptors (Lipinski definition) is 2. The Bertz CT molecular complexity index is 330. The first-order chi connectivity index (χ1) is 9.41. The lowest BCUT2D eigenvalue weighted by Gasteiger charge is -2.08. The van der Waals surface area contributed by atoms with Gasteiger partial charge in [-0.3, -0.25) is 4.79 Å². The summed E-state index contributed by atoms with van der Waals surface area (Å²) in [7, 11) is 4.23. The Morgan fingerprint density at radius 1 is 0.950 bits per heavy atom. The van der Waals surface area contributed by atoms with Gasteiger partial charge in [0.05, 0.1) is 0 Å². The van der Waals surface area contributed by atoms with E-state index in [2.05, 4.69) is 38.9 Å². The van der Waals surface area contributed by atoms with Gasteiger partial charge in [-0.2, -0.15) is 0 Å². The van der Waals surface area contributed by atoms with Crippen LogP contribution in [0.1, 0.15) is 58.8 Å². The highest BCUT2D eigenvalue weighted by molar-refractivity contribution is 5.66. The van der Waals surface area contributed by atoms with Crippen LogP contribution in [0, 0.1) is 0 Å². The van der Waals surface area contributed by atoms with Crippen molar-refractivity contribution in [1.29, 1.82) is 0 Å². The first-order valence-electron chi connectivity index (χ1n) is 7.59. The fraction of sp³-hybridized carbons (Fsp3) is 0.706. The summed E-state index contributed by atoms with van der Waals surface area (Å²) < 4.78 is 0. The molecule has 0 rings (SSSR count). The largest absolute Gasteiger partial charge is 0.481 e. The van der Waals surface area contributed by atoms with Crippen LogP contribution in [0.2, 0.25) is 0 Å². The zero-order valence-electron chi connectivity index (χ0n) is 13.6. The molecule has 0 bridgehead atoms. The van der Waals surface area contributed by atoms with E-state index in [9.17, 15) is 4.79 Å². The summed E-state index contributed by atoms with van der Waals surface area (Å²) >= 11 is 0. The van der Waals surface area contributed by atoms with Crippen molar-refractivity contribution < 1.29 is 9.90 Å². The molecule has 0 aliphatic rings. The summed E-state index contributed by atoms with van der Waals surface area (Å²) in [5, 5.41) is 8.57. The summed E-state index contributed by atoms with van der Waals surface area (Å²) in [6.45, 7) is 5.46. The molecule has 0 atom stereocenters. The number of carbonyl (C=O) groups is 1. The van der Waals surface area contributed by atoms with E-state index in [-0.39, 0.29) is 6.42 Å². The van der Waals surface area contributed by atoms with Gasteiger partial charge in [-0.15, -0.1) is 0 Å². The Balaban J connectivity index is 3.73. The molecular weight excluding hydrogens is 250 g/mol. The summed E-state index contributed by atoms with van der Waals surface area (Å²) in [5.74, 6) is -0.720. The molecule has 116 valence electrons. The number of allylic oxidation sites excluding steroid dienone is 4. The van der Waals surface area contributed by atoms with Gasteiger partial charge in [-0.25, -0.2) is 0 Å². The second-order valence-corrected chi connectivity index (χ2v) is 5.83. The van der Waals surface area contributed by atoms with Crippen molar-refractivity contribution in [2.45, 2.75) is 58.8 Å². The summed E-state index contributed by atoms with van der Waals surface area (Å²) in [5.41, 5.74) is 2.77. The van der Waals surface area contributed by atoms with E-state index in [4.69, 9.17) is 5.11 Å². The van der Waals surface area contributed by atoms with E-state index in [1.807, 2.05) is 6.08 Å². The number of hydrogen-bond donors (Lipinski definition) is 1. The highest BCUT2D eigenvalue weighted by Gasteiger charge is 1.96. The standard InChI is InChI=1S/C17H31NO2/c1-15(9-5-6-14-18(3)4)10-7-11-16(2)12-8-13-17(19)20/h10,12H,5-9,11,13-14H2,1-4H3,(H,19,20). The van der Waals surface area contributed by atoms with Gasteiger partial charge in [0.25, 0.3) is 0 Å². The fourth-order valence-corrected chi connectivity index (χ4v) is 2.02. The molecule has 0 radical (unpaired) electrons. The van der Waals surface area contributed by atoms with Gasteiger partial charge in [-0.05, 0) is 73.0 Å². The number of rotatable bonds is 11. The van der Waals surface area contributed by atoms with Gasteiger partial charge in [0.1, 0.15) is 0 Å². The maximum atomic E-state index is 10.4. The average Bonchev–Trinajstić information content (AvgIpc) is 2.34. The van der Waals surface area contributed by atoms with Gasteiger partial charge < -0.3 is 10.0 Å². The third-order valence-corrected chi connectivity index (χ3v) is 3.31. The normalized spacial score (nSPS) is 13.1. The third kappa shape index (κ3) is 13.3. The quantitative estimate of drug-likeness (QED) is 0.454. The first-order valence-corrected chi connectivity index (χ1v) is 7.59. The van der Waals surface area contributed by atoms with Gasteiger partial charge in [0.2, 0.25) is 0 Å². The highest BCUT2D eigenvalue weighted by atomic mass is 16.4. The lowest BCUT2D eigenvalue weighted by Crippen LogP contribution is -2.12. The molecule has 0 heterocycles. The molecule has 0 aromatic heterocycles. The summed E-state index contributed by atoms with van der Waals surface area (Å²) in [4.78, 5) is 12.6. The van der Waals surface area contributed by atoms with Crippen molar-refractivity contribution in [3.8, 4) is 0 Å². The van der Waals surface area contributed by atoms with Crippen LogP contribution in [-0.2, 0) is 4.79 Å². The summed E-state index contributed by atoms with van der Waals surface area (Å²) in [6, 6.07) is 0. The Morgan fingerprint density at radius 3 is 2.05 bits per heavy atom. The number of nitrogens with zero attached hydrogens (tertiary/aromatic N) is 1. The highest BCUT2D eigenvalue weighted by Crippen LogP contribution is 2.12. The topological polar surface area (TPSA) is 40.5 Å². The first kappa shape index (κ1) is 18.9. The van der Waals surface area contributed by atoms with Crippen LogP contribution in [0.15, 0.2) is 23.3 Å². The van der Waals surface area contributed by atoms with E-state index in [0.717, 1.165) is 12.8 Å². The third-order valence-electron chi connectivity index (χ3n) is 3.31. The molecule has 0 spiro atoms. The van der Waals surface area contributed by atoms with Crippen LogP contribution in [0.5, 0.6) is 0 Å². The van der Waals surface area contributed by atoms with Gasteiger partial charge in [-0.1, -0.05) is 23.3 Å². The van der Waals surface area contributed by atoms with Crippen LogP contribution in [0.25, 0.3) is 0 Å². The molecule has 0 saturated heterocycles. The maximum Gasteiger partial charge on any atom is 0.303 e. The predicted octanol–water partition coefficient (Wildman–Crippen LogP) is 4.26. The number of aliphatic carboxylic acids is 1. The Hall–Kier alpha value is -1.09. The average molecular weight is 281 g/mol. The number of carboxylic acid groups (broad SMARTS) is 1. The molecule has 0 amide bonds. The van der Waals surface area contributed by atoms with Crippen LogP contribution in [0.3, 0.4) is 0 Å². The lowest BCUT2D eigenvalue weighted by atomic mass is 10.1. The minimum atomic E-state index is -0.720. The van der Waals surface area contributed by atoms with Crippen molar-refractivity contribution in [2.24, 2.45) is 0 Å². The zero-order valence-corrected chi connectivity index (χ0v) is 13.6. The molecule has 1 N–H and O–H groups in total. The van der Waals surface area contributed by atoms with Crippen LogP contribution in [0.4, 0.5) is 0 Å². The van der Waals surface area contributed by atoms with E-state index in [1.54, 1.807) is 0 Å². The van der Waals surface area contributed by atoms with Crippen molar-refractivity contribution in [3.05, 3.63) is 23.3 Å². The van der Waals surface area contributed by atoms with Crippen LogP contribution in [-0.4, -0.2) is 36.6 Å². The Labute approximate surface area is 124 Å². The minimum absolute atomic E-state index is 0.234. The van der Waals surface area contributed by atoms with Crippen LogP contribution < -0.4 is 0 Å². The molecule has 3 heteroatoms. The Morgan fingerprint density at radius 2 is 1.50 bits per heavy atom. The second kappa shape index (κ2) is 11.7. The number of unbranched alkanes of at least 4 members (excludes halogenated alkanes) is 1. The van der Waals surface area contributed by atoms with Crippen molar-refractivity contribution in [2.75, 3.05) is 20.6 Å². The maximum absolute atomic E-state index is 10.4. The fourth-order valence-electron chi connectivity index (χ4n) is 2.02. The molecule has 0 saturated carbocycles. The molecule has 0 fully saturated rings. The molecule has 0 aromatic rings. The van der Waals surface area contributed by atoms with Crippen molar-refractivity contribution in [3.63, 3.8) is 0 Å². The molecule has 0 aliphatic heterocycles. The van der Waals surface area contributed by atoms with Gasteiger partial charge >= 0.3 is 5.97 Å². The van der Waals surface area contributed by atoms with E-state index >= 15 is 0 Å². The Kier molecular flexibility index (Phi) is 11.1. The SMILES string of the molecule is CC(=CCCC(=O)O)CCC=C(C)CCCCN(C)C. The monoisotopic (exact) mass is 281 g/mol. The predicted molar refractivity (Wildman–Crippen MR) is 86.0 cm³/mol. The second-order valence-electron chi connectivity index (χ2n) is 5.83. The molecule has 0 unspecified atom stereocenters. The van der Waals surface area contributed by atoms with Gasteiger partial charge in [0, 0.05) is 6.42 Å². The molecule has 0 aliphatic carbocycles. The van der Waals surface area contributed by atoms with Crippen LogP contribution >= 0.6 is 0 Å². The van der Waals surface area contributed by atoms with E-state index in [1.165, 1.54) is 37.0 Å². The van der Waals surface area contributed by atoms with Crippen molar-refractivity contribution in [1.82, 2.24) is 4.90 Å². The smallest absolute Gasteiger partial charge is 0.303 e. The zero-order chi connectivity index (χ0) is 15.4. The molecule has 0 aromatic carbocycles. The van der Waals surface area contributed by atoms with E-state index < -0.39 is 5.97 Å². The van der Waals surface area contributed by atoms with Gasteiger partial charge in [0.15, 0.2) is 0 Å².